The highest BCUT2D eigenvalue weighted by molar-refractivity contribution is 5.85. The fraction of sp³-hybridized carbons (Fsp3) is 0.308. The molecule has 0 aliphatic heterocycles. The Morgan fingerprint density at radius 2 is 1.71 bits per heavy atom. The van der Waals surface area contributed by atoms with E-state index in [0.717, 1.165) is 28.7 Å². The van der Waals surface area contributed by atoms with E-state index in [9.17, 15) is 14.4 Å². The molecule has 3 aromatic rings. The first-order valence-corrected chi connectivity index (χ1v) is 11.6. The summed E-state index contributed by atoms with van der Waals surface area (Å²) in [5.41, 5.74) is 4.37. The van der Waals surface area contributed by atoms with Gasteiger partial charge in [-0.1, -0.05) is 60.1 Å². The molecule has 5 rings (SSSR count). The summed E-state index contributed by atoms with van der Waals surface area (Å²) in [5, 5.41) is 17.9. The summed E-state index contributed by atoms with van der Waals surface area (Å²) in [4.78, 5) is 36.3. The van der Waals surface area contributed by atoms with E-state index in [2.05, 4.69) is 40.1 Å². The lowest BCUT2D eigenvalue weighted by Crippen LogP contribution is -2.44. The lowest BCUT2D eigenvalue weighted by molar-refractivity contribution is -0.125. The molecule has 1 saturated carbocycles. The third-order valence-electron chi connectivity index (χ3n) is 6.71. The minimum atomic E-state index is -1.20. The van der Waals surface area contributed by atoms with Crippen LogP contribution in [0.15, 0.2) is 59.1 Å². The third kappa shape index (κ3) is 4.62. The molecule has 9 heteroatoms. The van der Waals surface area contributed by atoms with Crippen LogP contribution in [0, 0.1) is 5.92 Å². The number of hydrogen-bond acceptors (Lipinski definition) is 6. The van der Waals surface area contributed by atoms with E-state index in [1.807, 2.05) is 24.3 Å². The first kappa shape index (κ1) is 22.6. The van der Waals surface area contributed by atoms with Crippen LogP contribution in [0.1, 0.15) is 52.6 Å². The lowest BCUT2D eigenvalue weighted by Gasteiger charge is -2.21. The highest BCUT2D eigenvalue weighted by Gasteiger charge is 2.35. The molecule has 0 unspecified atom stereocenters. The Morgan fingerprint density at radius 1 is 1.03 bits per heavy atom. The smallest absolute Gasteiger partial charge is 0.407 e. The average molecular weight is 476 g/mol. The standard InChI is InChI=1S/C26H25N3O6/c30-24(27-13-15-12-23(25(31)32)29-35-15)20-10-5-11-22(20)28-26(33)34-14-21-18-8-3-1-6-16(18)17-7-2-4-9-19(17)21/h1-4,6-9,12,20-22H,5,10-11,13-14H2,(H,27,30)(H,28,33)(H,31,32)/t20-,22+/m0/s1. The van der Waals surface area contributed by atoms with Crippen molar-refractivity contribution in [1.82, 2.24) is 15.8 Å². The molecule has 9 nitrogen and oxygen atoms in total. The van der Waals surface area contributed by atoms with Crippen LogP contribution in [0.3, 0.4) is 0 Å². The van der Waals surface area contributed by atoms with Crippen LogP contribution in [-0.2, 0) is 16.1 Å². The Morgan fingerprint density at radius 3 is 2.37 bits per heavy atom. The highest BCUT2D eigenvalue weighted by Crippen LogP contribution is 2.44. The van der Waals surface area contributed by atoms with Gasteiger partial charge in [-0.3, -0.25) is 4.79 Å². The van der Waals surface area contributed by atoms with Gasteiger partial charge in [0.05, 0.1) is 12.5 Å². The van der Waals surface area contributed by atoms with Crippen LogP contribution >= 0.6 is 0 Å². The van der Waals surface area contributed by atoms with Gasteiger partial charge in [-0.2, -0.15) is 0 Å². The molecule has 0 saturated heterocycles. The molecule has 35 heavy (non-hydrogen) atoms. The third-order valence-corrected chi connectivity index (χ3v) is 6.71. The topological polar surface area (TPSA) is 131 Å². The van der Waals surface area contributed by atoms with Gasteiger partial charge in [-0.05, 0) is 35.1 Å². The summed E-state index contributed by atoms with van der Waals surface area (Å²) in [6.45, 7) is 0.230. The number of benzene rings is 2. The van der Waals surface area contributed by atoms with Crippen LogP contribution in [0.4, 0.5) is 4.79 Å². The van der Waals surface area contributed by atoms with Gasteiger partial charge in [0, 0.05) is 18.0 Å². The highest BCUT2D eigenvalue weighted by atomic mass is 16.5. The summed E-state index contributed by atoms with van der Waals surface area (Å²) < 4.78 is 10.5. The molecule has 2 aromatic carbocycles. The fourth-order valence-electron chi connectivity index (χ4n) is 5.04. The van der Waals surface area contributed by atoms with Gasteiger partial charge in [0.25, 0.3) is 0 Å². The van der Waals surface area contributed by atoms with Gasteiger partial charge >= 0.3 is 12.1 Å². The SMILES string of the molecule is O=C(N[C@@H]1CCC[C@@H]1C(=O)NCc1cc(C(=O)O)no1)OCC1c2ccccc2-c2ccccc21. The van der Waals surface area contributed by atoms with Crippen molar-refractivity contribution in [3.63, 3.8) is 0 Å². The van der Waals surface area contributed by atoms with E-state index in [4.69, 9.17) is 14.4 Å². The fourth-order valence-corrected chi connectivity index (χ4v) is 5.04. The average Bonchev–Trinajstić information content (AvgIpc) is 3.59. The van der Waals surface area contributed by atoms with Gasteiger partial charge in [-0.15, -0.1) is 0 Å². The first-order valence-electron chi connectivity index (χ1n) is 11.6. The van der Waals surface area contributed by atoms with Crippen LogP contribution in [-0.4, -0.2) is 40.9 Å². The van der Waals surface area contributed by atoms with Gasteiger partial charge < -0.3 is 25.0 Å². The molecule has 2 amide bonds. The van der Waals surface area contributed by atoms with Crippen molar-refractivity contribution >= 4 is 18.0 Å². The van der Waals surface area contributed by atoms with Gasteiger partial charge in [0.1, 0.15) is 6.61 Å². The van der Waals surface area contributed by atoms with Crippen molar-refractivity contribution in [2.24, 2.45) is 5.92 Å². The zero-order valence-electron chi connectivity index (χ0n) is 18.9. The number of aromatic carboxylic acids is 1. The van der Waals surface area contributed by atoms with Crippen LogP contribution in [0.2, 0.25) is 0 Å². The molecular weight excluding hydrogens is 450 g/mol. The summed E-state index contributed by atoms with van der Waals surface area (Å²) in [6.07, 6.45) is 1.57. The van der Waals surface area contributed by atoms with E-state index in [-0.39, 0.29) is 42.5 Å². The second-order valence-electron chi connectivity index (χ2n) is 8.82. The number of carbonyl (C=O) groups is 3. The number of carbonyl (C=O) groups excluding carboxylic acids is 2. The van der Waals surface area contributed by atoms with Crippen LogP contribution in [0.5, 0.6) is 0 Å². The maximum atomic E-state index is 12.7. The number of carboxylic acids is 1. The molecule has 1 aromatic heterocycles. The quantitative estimate of drug-likeness (QED) is 0.475. The number of hydrogen-bond donors (Lipinski definition) is 3. The number of ether oxygens (including phenoxy) is 1. The first-order chi connectivity index (χ1) is 17.0. The van der Waals surface area contributed by atoms with Crippen LogP contribution < -0.4 is 10.6 Å². The second kappa shape index (κ2) is 9.61. The van der Waals surface area contributed by atoms with Crippen molar-refractivity contribution in [3.05, 3.63) is 77.2 Å². The molecule has 2 aliphatic rings. The van der Waals surface area contributed by atoms with Crippen molar-refractivity contribution in [2.45, 2.75) is 37.8 Å². The maximum absolute atomic E-state index is 12.7. The molecule has 1 fully saturated rings. The van der Waals surface area contributed by atoms with E-state index in [0.29, 0.717) is 12.8 Å². The molecule has 0 spiro atoms. The number of carboxylic acid groups (broad SMARTS) is 1. The Hall–Kier alpha value is -4.14. The molecule has 2 atom stereocenters. The number of nitrogens with zero attached hydrogens (tertiary/aromatic N) is 1. The number of fused-ring (bicyclic) bond motifs is 3. The van der Waals surface area contributed by atoms with Crippen molar-refractivity contribution < 1.29 is 28.8 Å². The minimum Gasteiger partial charge on any atom is -0.476 e. The Bertz CT molecular complexity index is 1220. The number of alkyl carbamates (subject to hydrolysis) is 1. The van der Waals surface area contributed by atoms with Gasteiger partial charge in [0.2, 0.25) is 5.91 Å². The Kier molecular flexibility index (Phi) is 6.22. The number of nitrogens with one attached hydrogen (secondary N) is 2. The molecule has 180 valence electrons. The van der Waals surface area contributed by atoms with Crippen LogP contribution in [0.25, 0.3) is 11.1 Å². The van der Waals surface area contributed by atoms with E-state index in [1.54, 1.807) is 0 Å². The second-order valence-corrected chi connectivity index (χ2v) is 8.82. The summed E-state index contributed by atoms with van der Waals surface area (Å²) >= 11 is 0. The van der Waals surface area contributed by atoms with Crippen molar-refractivity contribution in [3.8, 4) is 11.1 Å². The summed E-state index contributed by atoms with van der Waals surface area (Å²) in [5.74, 6) is -1.63. The minimum absolute atomic E-state index is 0.0211. The molecule has 0 radical (unpaired) electrons. The largest absolute Gasteiger partial charge is 0.476 e. The Balaban J connectivity index is 1.16. The number of amides is 2. The predicted molar refractivity (Wildman–Crippen MR) is 125 cm³/mol. The van der Waals surface area contributed by atoms with E-state index in [1.165, 1.54) is 6.07 Å². The molecule has 2 aliphatic carbocycles. The summed E-state index contributed by atoms with van der Waals surface area (Å²) in [6, 6.07) is 17.2. The van der Waals surface area contributed by atoms with Crippen molar-refractivity contribution in [1.29, 1.82) is 0 Å². The number of aromatic nitrogens is 1. The summed E-state index contributed by atoms with van der Waals surface area (Å²) in [7, 11) is 0. The molecule has 1 heterocycles. The monoisotopic (exact) mass is 475 g/mol. The predicted octanol–water partition coefficient (Wildman–Crippen LogP) is 3.70. The normalized spacial score (nSPS) is 18.5. The molecular formula is C26H25N3O6. The van der Waals surface area contributed by atoms with Crippen molar-refractivity contribution in [2.75, 3.05) is 6.61 Å². The zero-order valence-corrected chi connectivity index (χ0v) is 18.9. The van der Waals surface area contributed by atoms with E-state index < -0.39 is 18.0 Å². The maximum Gasteiger partial charge on any atom is 0.407 e. The van der Waals surface area contributed by atoms with E-state index >= 15 is 0 Å². The zero-order chi connectivity index (χ0) is 24.4. The lowest BCUT2D eigenvalue weighted by atomic mass is 9.98. The van der Waals surface area contributed by atoms with Gasteiger partial charge in [0.15, 0.2) is 11.5 Å². The Labute approximate surface area is 201 Å². The molecule has 0 bridgehead atoms. The van der Waals surface area contributed by atoms with Gasteiger partial charge in [-0.25, -0.2) is 9.59 Å². The molecule has 3 N–H and O–H groups in total. The number of rotatable bonds is 7.